The van der Waals surface area contributed by atoms with Crippen LogP contribution >= 0.6 is 11.6 Å². The summed E-state index contributed by atoms with van der Waals surface area (Å²) < 4.78 is 50.6. The van der Waals surface area contributed by atoms with E-state index in [2.05, 4.69) is 0 Å². The van der Waals surface area contributed by atoms with E-state index < -0.39 is 40.7 Å². The van der Waals surface area contributed by atoms with Crippen molar-refractivity contribution >= 4 is 17.4 Å². The maximum atomic E-state index is 12.7. The van der Waals surface area contributed by atoms with E-state index >= 15 is 0 Å². The third-order valence-corrected chi connectivity index (χ3v) is 2.40. The van der Waals surface area contributed by atoms with Gasteiger partial charge in [0.1, 0.15) is 0 Å². The highest BCUT2D eigenvalue weighted by Gasteiger charge is 2.27. The van der Waals surface area contributed by atoms with Gasteiger partial charge in [0.05, 0.1) is 5.38 Å². The molecule has 0 radical (unpaired) electrons. The van der Waals surface area contributed by atoms with Gasteiger partial charge in [0.15, 0.2) is 5.78 Å². The summed E-state index contributed by atoms with van der Waals surface area (Å²) in [6.45, 7) is 1.25. The molecule has 0 saturated heterocycles. The molecule has 0 amide bonds. The molecule has 1 nitrogen and oxygen atoms in total. The van der Waals surface area contributed by atoms with Crippen LogP contribution in [0.3, 0.4) is 0 Å². The Morgan fingerprint density at radius 2 is 1.53 bits per heavy atom. The maximum Gasteiger partial charge on any atom is 0.264 e. The fourth-order valence-corrected chi connectivity index (χ4v) is 1.54. The van der Waals surface area contributed by atoms with Crippen molar-refractivity contribution in [2.45, 2.75) is 25.2 Å². The quantitative estimate of drug-likeness (QED) is 0.450. The smallest absolute Gasteiger partial charge is 0.264 e. The molecule has 1 atom stereocenters. The van der Waals surface area contributed by atoms with E-state index in [0.717, 1.165) is 18.2 Å². The number of ketones is 1. The molecule has 1 rings (SSSR count). The second kappa shape index (κ2) is 5.49. The van der Waals surface area contributed by atoms with Crippen LogP contribution in [-0.4, -0.2) is 11.2 Å². The second-order valence-corrected chi connectivity index (χ2v) is 4.05. The molecule has 0 aliphatic heterocycles. The monoisotopic (exact) mass is 268 g/mol. The minimum Gasteiger partial charge on any atom is -0.292 e. The summed E-state index contributed by atoms with van der Waals surface area (Å²) in [6.07, 6.45) is -5.99. The fourth-order valence-electron chi connectivity index (χ4n) is 1.44. The number of hydrogen-bond donors (Lipinski definition) is 0. The van der Waals surface area contributed by atoms with E-state index in [9.17, 15) is 22.4 Å². The molecule has 0 aromatic heterocycles. The van der Waals surface area contributed by atoms with Gasteiger partial charge in [-0.05, 0) is 6.92 Å². The Morgan fingerprint density at radius 3 is 1.82 bits per heavy atom. The van der Waals surface area contributed by atoms with Crippen molar-refractivity contribution in [2.75, 3.05) is 0 Å². The van der Waals surface area contributed by atoms with Gasteiger partial charge >= 0.3 is 0 Å². The van der Waals surface area contributed by atoms with Crippen molar-refractivity contribution in [3.8, 4) is 0 Å². The fraction of sp³-hybridized carbons (Fsp3) is 0.364. The summed E-state index contributed by atoms with van der Waals surface area (Å²) in [4.78, 5) is 11.6. The Kier molecular flexibility index (Phi) is 4.51. The molecular weight excluding hydrogens is 260 g/mol. The number of alkyl halides is 5. The normalized spacial score (nSPS) is 13.2. The lowest BCUT2D eigenvalue weighted by Gasteiger charge is -2.13. The Labute approximate surface area is 100 Å². The second-order valence-electron chi connectivity index (χ2n) is 3.39. The summed E-state index contributed by atoms with van der Waals surface area (Å²) in [5, 5.41) is -1.13. The van der Waals surface area contributed by atoms with Crippen LogP contribution in [-0.2, 0) is 0 Å². The number of benzene rings is 1. The van der Waals surface area contributed by atoms with Crippen LogP contribution < -0.4 is 0 Å². The van der Waals surface area contributed by atoms with E-state index in [4.69, 9.17) is 11.6 Å². The van der Waals surface area contributed by atoms with E-state index in [1.165, 1.54) is 6.92 Å². The van der Waals surface area contributed by atoms with Crippen molar-refractivity contribution in [3.63, 3.8) is 0 Å². The molecule has 0 aliphatic rings. The third-order valence-electron chi connectivity index (χ3n) is 2.21. The van der Waals surface area contributed by atoms with Gasteiger partial charge in [-0.1, -0.05) is 18.2 Å². The minimum atomic E-state index is -3.00. The van der Waals surface area contributed by atoms with E-state index in [0.29, 0.717) is 0 Å². The van der Waals surface area contributed by atoms with Crippen molar-refractivity contribution in [2.24, 2.45) is 0 Å². The van der Waals surface area contributed by atoms with Gasteiger partial charge in [-0.3, -0.25) is 4.79 Å². The van der Waals surface area contributed by atoms with Crippen molar-refractivity contribution in [1.82, 2.24) is 0 Å². The molecule has 0 heterocycles. The largest absolute Gasteiger partial charge is 0.292 e. The van der Waals surface area contributed by atoms with Crippen molar-refractivity contribution in [1.29, 1.82) is 0 Å². The molecule has 0 aliphatic carbocycles. The number of halogens is 5. The van der Waals surface area contributed by atoms with Crippen LogP contribution in [0, 0.1) is 0 Å². The highest BCUT2D eigenvalue weighted by atomic mass is 35.5. The van der Waals surface area contributed by atoms with Crippen LogP contribution in [0.25, 0.3) is 0 Å². The van der Waals surface area contributed by atoms with E-state index in [-0.39, 0.29) is 0 Å². The predicted octanol–water partition coefficient (Wildman–Crippen LogP) is 4.37. The summed E-state index contributed by atoms with van der Waals surface area (Å²) in [5.41, 5.74) is -2.08. The van der Waals surface area contributed by atoms with E-state index in [1.807, 2.05) is 0 Å². The van der Waals surface area contributed by atoms with Crippen LogP contribution in [0.15, 0.2) is 18.2 Å². The summed E-state index contributed by atoms with van der Waals surface area (Å²) in [7, 11) is 0. The molecule has 0 saturated carbocycles. The number of rotatable bonds is 4. The van der Waals surface area contributed by atoms with Gasteiger partial charge in [-0.2, -0.15) is 0 Å². The first-order chi connectivity index (χ1) is 7.86. The molecule has 0 spiro atoms. The first-order valence-electron chi connectivity index (χ1n) is 4.73. The highest BCUT2D eigenvalue weighted by Crippen LogP contribution is 2.32. The molecule has 94 valence electrons. The number of carbonyl (C=O) groups is 1. The number of hydrogen-bond acceptors (Lipinski definition) is 1. The van der Waals surface area contributed by atoms with Crippen LogP contribution in [0.4, 0.5) is 17.6 Å². The standard InChI is InChI=1S/C11H9ClF4O/c1-5(12)9(17)8-6(10(13)14)3-2-4-7(8)11(15)16/h2-5,10-11H,1H3. The molecule has 0 N–H and O–H groups in total. The summed E-state index contributed by atoms with van der Waals surface area (Å²) in [5.74, 6) is -0.919. The molecule has 0 fully saturated rings. The SMILES string of the molecule is CC(Cl)C(=O)c1c(C(F)F)cccc1C(F)F. The molecule has 1 unspecified atom stereocenters. The summed E-state index contributed by atoms with van der Waals surface area (Å²) >= 11 is 5.48. The molecule has 1 aromatic rings. The first kappa shape index (κ1) is 14.0. The van der Waals surface area contributed by atoms with E-state index in [1.54, 1.807) is 0 Å². The lowest BCUT2D eigenvalue weighted by molar-refractivity contribution is 0.0961. The highest BCUT2D eigenvalue weighted by molar-refractivity contribution is 6.34. The zero-order valence-electron chi connectivity index (χ0n) is 8.76. The molecule has 1 aromatic carbocycles. The maximum absolute atomic E-state index is 12.7. The van der Waals surface area contributed by atoms with Gasteiger partial charge in [0, 0.05) is 16.7 Å². The lowest BCUT2D eigenvalue weighted by Crippen LogP contribution is -2.16. The minimum absolute atomic E-state index is 0.667. The van der Waals surface area contributed by atoms with Crippen LogP contribution in [0.5, 0.6) is 0 Å². The number of carbonyl (C=O) groups excluding carboxylic acids is 1. The van der Waals surface area contributed by atoms with Gasteiger partial charge in [0.25, 0.3) is 12.9 Å². The first-order valence-corrected chi connectivity index (χ1v) is 5.17. The third kappa shape index (κ3) is 2.97. The predicted molar refractivity (Wildman–Crippen MR) is 56.0 cm³/mol. The van der Waals surface area contributed by atoms with Gasteiger partial charge in [-0.25, -0.2) is 17.6 Å². The zero-order chi connectivity index (χ0) is 13.2. The van der Waals surface area contributed by atoms with Gasteiger partial charge in [-0.15, -0.1) is 11.6 Å². The van der Waals surface area contributed by atoms with Crippen molar-refractivity contribution in [3.05, 3.63) is 34.9 Å². The Hall–Kier alpha value is -1.10. The lowest BCUT2D eigenvalue weighted by atomic mass is 9.96. The Bertz CT molecular complexity index is 392. The van der Waals surface area contributed by atoms with Crippen LogP contribution in [0.1, 0.15) is 41.3 Å². The Morgan fingerprint density at radius 1 is 1.12 bits per heavy atom. The van der Waals surface area contributed by atoms with Crippen LogP contribution in [0.2, 0.25) is 0 Å². The topological polar surface area (TPSA) is 17.1 Å². The zero-order valence-corrected chi connectivity index (χ0v) is 9.52. The van der Waals surface area contributed by atoms with Gasteiger partial charge in [0.2, 0.25) is 0 Å². The average Bonchev–Trinajstić information content (AvgIpc) is 2.26. The molecule has 0 bridgehead atoms. The van der Waals surface area contributed by atoms with Crippen molar-refractivity contribution < 1.29 is 22.4 Å². The summed E-state index contributed by atoms with van der Waals surface area (Å²) in [6, 6.07) is 2.96. The molecule has 6 heteroatoms. The Balaban J connectivity index is 3.44. The average molecular weight is 269 g/mol. The number of Topliss-reactive ketones (excluding diaryl/α,β-unsaturated/α-hetero) is 1. The van der Waals surface area contributed by atoms with Gasteiger partial charge < -0.3 is 0 Å². The molecular formula is C11H9ClF4O. The molecule has 17 heavy (non-hydrogen) atoms.